The minimum absolute atomic E-state index is 0. The summed E-state index contributed by atoms with van der Waals surface area (Å²) in [6.45, 7) is 3.01. The van der Waals surface area contributed by atoms with E-state index < -0.39 is 37.2 Å². The lowest BCUT2D eigenvalue weighted by Gasteiger charge is -2.30. The molecule has 12 nitrogen and oxygen atoms in total. The number of benzene rings is 2. The molecule has 0 radical (unpaired) electrons. The van der Waals surface area contributed by atoms with Gasteiger partial charge in [-0.15, -0.1) is 0 Å². The summed E-state index contributed by atoms with van der Waals surface area (Å²) < 4.78 is 69.5. The number of hydrogen-bond donors (Lipinski definition) is 0. The third-order valence-electron chi connectivity index (χ3n) is 7.01. The molecule has 2 aliphatic heterocycles. The fourth-order valence-corrected chi connectivity index (χ4v) is 6.72. The van der Waals surface area contributed by atoms with Gasteiger partial charge < -0.3 is 18.9 Å². The van der Waals surface area contributed by atoms with E-state index >= 15 is 0 Å². The third kappa shape index (κ3) is 17.9. The Kier molecular flexibility index (Phi) is 21.6. The van der Waals surface area contributed by atoms with Gasteiger partial charge in [0, 0.05) is 37.8 Å². The summed E-state index contributed by atoms with van der Waals surface area (Å²) in [4.78, 5) is 20.5. The van der Waals surface area contributed by atoms with Gasteiger partial charge in [-0.05, 0) is 36.8 Å². The van der Waals surface area contributed by atoms with Gasteiger partial charge in [-0.3, -0.25) is 4.79 Å². The van der Waals surface area contributed by atoms with E-state index in [4.69, 9.17) is 9.47 Å². The van der Waals surface area contributed by atoms with Crippen LogP contribution in [0.25, 0.3) is 0 Å². The van der Waals surface area contributed by atoms with E-state index in [0.717, 1.165) is 24.0 Å². The maximum absolute atomic E-state index is 12.0. The van der Waals surface area contributed by atoms with Crippen molar-refractivity contribution in [3.8, 4) is 0 Å². The highest BCUT2D eigenvalue weighted by atomic mass is 35.5. The summed E-state index contributed by atoms with van der Waals surface area (Å²) in [6, 6.07) is 19.9. The molecule has 0 atom stereocenters. The predicted octanol–water partition coefficient (Wildman–Crippen LogP) is 5.06. The number of hydrogen-bond acceptors (Lipinski definition) is 10. The maximum Gasteiger partial charge on any atom is 0.403 e. The van der Waals surface area contributed by atoms with Gasteiger partial charge in [-0.1, -0.05) is 75.5 Å². The van der Waals surface area contributed by atoms with Crippen LogP contribution in [0.2, 0.25) is 0 Å². The molecule has 2 aromatic carbocycles. The summed E-state index contributed by atoms with van der Waals surface area (Å²) >= 11 is 4.60. The minimum atomic E-state index is -3.58. The molecule has 2 aromatic rings. The molecule has 0 saturated carbocycles. The van der Waals surface area contributed by atoms with Crippen molar-refractivity contribution >= 4 is 43.0 Å². The largest absolute Gasteiger partial charge is 0.468 e. The van der Waals surface area contributed by atoms with E-state index in [-0.39, 0.29) is 27.1 Å². The molecule has 2 heterocycles. The van der Waals surface area contributed by atoms with Gasteiger partial charge in [-0.25, -0.2) is 30.2 Å². The second kappa shape index (κ2) is 22.9. The first-order valence-electron chi connectivity index (χ1n) is 14.4. The van der Waals surface area contributed by atoms with Crippen molar-refractivity contribution < 1.29 is 45.4 Å². The number of nitrogens with zero attached hydrogens (tertiary/aromatic N) is 2. The molecule has 0 amide bonds. The first-order valence-corrected chi connectivity index (χ1v) is 18.2. The molecule has 4 rings (SSSR count). The molecule has 2 saturated heterocycles. The van der Waals surface area contributed by atoms with Gasteiger partial charge in [0.25, 0.3) is 0 Å². The highest BCUT2D eigenvalue weighted by molar-refractivity contribution is 7.89. The van der Waals surface area contributed by atoms with Crippen molar-refractivity contribution in [1.82, 2.24) is 8.61 Å². The number of rotatable bonds is 10. The standard InChI is InChI=1S/C15H21NO5S.C13H19NO3S.C2H3ClO2.2CH4/c1-20-15(17)12-22(18,19)16-9-7-14(8-10-16)21-11-13-5-3-2-4-6-13;1-18(15,16)14-9-7-13(8-10-14)17-11-12-5-3-2-4-6-12;1-5-2(3)4;;/h2-6,14H,7-12H2,1H3;2-6,13H,7-11H2,1H3;1H3;2*1H4. The third-order valence-corrected chi connectivity index (χ3v) is 10.2. The summed E-state index contributed by atoms with van der Waals surface area (Å²) in [6.07, 6.45) is 4.30. The SMILES string of the molecule is C.C.COC(=O)CS(=O)(=O)N1CCC(OCc2ccccc2)CC1.COC(=O)Cl.CS(=O)(=O)N1CCC(OCc2ccccc2)CC1. The Morgan fingerprint density at radius 2 is 1.06 bits per heavy atom. The summed E-state index contributed by atoms with van der Waals surface area (Å²) in [5.74, 6) is -1.33. The van der Waals surface area contributed by atoms with Crippen LogP contribution in [0.15, 0.2) is 60.7 Å². The van der Waals surface area contributed by atoms with Crippen molar-refractivity contribution in [3.05, 3.63) is 71.8 Å². The highest BCUT2D eigenvalue weighted by Crippen LogP contribution is 2.19. The monoisotopic (exact) mass is 722 g/mol. The Morgan fingerprint density at radius 3 is 1.38 bits per heavy atom. The lowest BCUT2D eigenvalue weighted by molar-refractivity contribution is -0.137. The topological polar surface area (TPSA) is 146 Å². The Morgan fingerprint density at radius 1 is 0.702 bits per heavy atom. The van der Waals surface area contributed by atoms with Gasteiger partial charge in [0.15, 0.2) is 5.75 Å². The average Bonchev–Trinajstić information content (AvgIpc) is 3.04. The molecule has 0 aromatic heterocycles. The zero-order chi connectivity index (χ0) is 33.3. The zero-order valence-corrected chi connectivity index (χ0v) is 28.3. The first-order chi connectivity index (χ1) is 21.3. The number of carbonyl (C=O) groups excluding carboxylic acids is 2. The number of piperidine rings is 2. The zero-order valence-electron chi connectivity index (χ0n) is 25.9. The quantitative estimate of drug-likeness (QED) is 0.241. The number of ether oxygens (including phenoxy) is 4. The van der Waals surface area contributed by atoms with E-state index in [1.165, 1.54) is 29.1 Å². The van der Waals surface area contributed by atoms with Crippen molar-refractivity contribution in [2.24, 2.45) is 0 Å². The number of halogens is 1. The maximum atomic E-state index is 12.0. The van der Waals surface area contributed by atoms with Crippen LogP contribution in [0.3, 0.4) is 0 Å². The fraction of sp³-hybridized carbons (Fsp3) is 0.562. The van der Waals surface area contributed by atoms with E-state index in [2.05, 4.69) is 21.1 Å². The van der Waals surface area contributed by atoms with E-state index in [9.17, 15) is 26.4 Å². The van der Waals surface area contributed by atoms with E-state index in [1.54, 1.807) is 0 Å². The minimum Gasteiger partial charge on any atom is -0.468 e. The number of methoxy groups -OCH3 is 2. The average molecular weight is 723 g/mol. The number of carbonyl (C=O) groups is 2. The Hall–Kier alpha value is -2.59. The van der Waals surface area contributed by atoms with E-state index in [0.29, 0.717) is 52.2 Å². The summed E-state index contributed by atoms with van der Waals surface area (Å²) in [5.41, 5.74) is 1.48. The fourth-order valence-electron chi connectivity index (χ4n) is 4.48. The van der Waals surface area contributed by atoms with Gasteiger partial charge >= 0.3 is 11.4 Å². The second-order valence-corrected chi connectivity index (χ2v) is 14.6. The molecule has 0 bridgehead atoms. The number of esters is 1. The molecule has 2 fully saturated rings. The lowest BCUT2D eigenvalue weighted by atomic mass is 10.1. The van der Waals surface area contributed by atoms with Crippen LogP contribution in [0.4, 0.5) is 4.79 Å². The Labute approximate surface area is 286 Å². The second-order valence-electron chi connectivity index (χ2n) is 10.3. The Balaban J connectivity index is 0.000000768. The van der Waals surface area contributed by atoms with Crippen molar-refractivity contribution in [3.63, 3.8) is 0 Å². The smallest absolute Gasteiger partial charge is 0.403 e. The van der Waals surface area contributed by atoms with Crippen LogP contribution in [-0.4, -0.2) is 101 Å². The van der Waals surface area contributed by atoms with Gasteiger partial charge in [0.2, 0.25) is 20.0 Å². The van der Waals surface area contributed by atoms with Crippen LogP contribution >= 0.6 is 11.6 Å². The molecule has 2 aliphatic rings. The normalized spacial score (nSPS) is 16.1. The molecule has 15 heteroatoms. The molecule has 47 heavy (non-hydrogen) atoms. The van der Waals surface area contributed by atoms with Gasteiger partial charge in [0.1, 0.15) is 0 Å². The summed E-state index contributed by atoms with van der Waals surface area (Å²) in [7, 11) is -4.22. The van der Waals surface area contributed by atoms with Gasteiger partial charge in [0.05, 0.1) is 45.9 Å². The molecule has 0 aliphatic carbocycles. The van der Waals surface area contributed by atoms with Crippen molar-refractivity contribution in [2.75, 3.05) is 52.4 Å². The van der Waals surface area contributed by atoms with Crippen LogP contribution in [0.1, 0.15) is 51.7 Å². The molecule has 0 spiro atoms. The summed E-state index contributed by atoms with van der Waals surface area (Å²) in [5, 5.41) is 0. The highest BCUT2D eigenvalue weighted by Gasteiger charge is 2.30. The van der Waals surface area contributed by atoms with Crippen LogP contribution in [0.5, 0.6) is 0 Å². The lowest BCUT2D eigenvalue weighted by Crippen LogP contribution is -2.43. The molecule has 0 N–H and O–H groups in total. The van der Waals surface area contributed by atoms with Crippen LogP contribution < -0.4 is 0 Å². The predicted molar refractivity (Wildman–Crippen MR) is 184 cm³/mol. The number of sulfonamides is 2. The first kappa shape index (κ1) is 44.4. The molecular formula is C32H51ClN2O10S2. The van der Waals surface area contributed by atoms with Gasteiger partial charge in [-0.2, -0.15) is 0 Å². The Bertz CT molecular complexity index is 1370. The molecule has 0 unspecified atom stereocenters. The van der Waals surface area contributed by atoms with Crippen LogP contribution in [0, 0.1) is 0 Å². The van der Waals surface area contributed by atoms with Crippen molar-refractivity contribution in [1.29, 1.82) is 0 Å². The molecular weight excluding hydrogens is 672 g/mol. The van der Waals surface area contributed by atoms with E-state index in [1.807, 2.05) is 60.7 Å². The van der Waals surface area contributed by atoms with Crippen LogP contribution in [-0.2, 0) is 57.0 Å². The van der Waals surface area contributed by atoms with Crippen molar-refractivity contribution in [2.45, 2.75) is 66.0 Å². The molecule has 268 valence electrons.